The number of carbonyl (C=O) groups excluding carboxylic acids is 1. The van der Waals surface area contributed by atoms with Crippen molar-refractivity contribution in [3.63, 3.8) is 0 Å². The van der Waals surface area contributed by atoms with E-state index in [2.05, 4.69) is 4.74 Å². The van der Waals surface area contributed by atoms with Crippen molar-refractivity contribution < 1.29 is 44.8 Å². The third kappa shape index (κ3) is 2.77. The number of fused-ring (bicyclic) bond motifs is 2. The van der Waals surface area contributed by atoms with Crippen LogP contribution in [0.3, 0.4) is 0 Å². The van der Waals surface area contributed by atoms with Gasteiger partial charge in [-0.15, -0.1) is 0 Å². The maximum atomic E-state index is 13.2. The fourth-order valence-electron chi connectivity index (χ4n) is 3.19. The largest absolute Gasteiger partial charge is 0.772 e. The van der Waals surface area contributed by atoms with Crippen LogP contribution >= 0.6 is 0 Å². The molecule has 0 aromatic carbocycles. The lowest BCUT2D eigenvalue weighted by Gasteiger charge is -2.35. The van der Waals surface area contributed by atoms with Crippen LogP contribution in [0.5, 0.6) is 0 Å². The Kier molecular flexibility index (Phi) is 4.61. The van der Waals surface area contributed by atoms with Crippen molar-refractivity contribution in [1.82, 2.24) is 0 Å². The first-order valence-corrected chi connectivity index (χ1v) is 8.75. The SMILES string of the molecule is COC1C2CC(CC2S(=O)[O-])C1OC(=O)C(F)(F)S(=O)(=O)O. The van der Waals surface area contributed by atoms with E-state index in [1.807, 2.05) is 0 Å². The zero-order chi connectivity index (χ0) is 16.9. The smallest absolute Gasteiger partial charge is 0.465 e. The number of hydrogen-bond donors (Lipinski definition) is 1. The van der Waals surface area contributed by atoms with Gasteiger partial charge >= 0.3 is 21.3 Å². The Hall–Kier alpha value is -0.690. The maximum absolute atomic E-state index is 13.2. The summed E-state index contributed by atoms with van der Waals surface area (Å²) in [4.78, 5) is 11.3. The Morgan fingerprint density at radius 1 is 1.36 bits per heavy atom. The van der Waals surface area contributed by atoms with Gasteiger partial charge in [-0.25, -0.2) is 4.79 Å². The Balaban J connectivity index is 2.15. The van der Waals surface area contributed by atoms with Crippen molar-refractivity contribution in [3.05, 3.63) is 0 Å². The van der Waals surface area contributed by atoms with Crippen molar-refractivity contribution in [1.29, 1.82) is 0 Å². The maximum Gasteiger partial charge on any atom is 0.465 e. The van der Waals surface area contributed by atoms with Gasteiger partial charge in [0.25, 0.3) is 0 Å². The highest BCUT2D eigenvalue weighted by molar-refractivity contribution is 7.87. The minimum absolute atomic E-state index is 0.107. The zero-order valence-corrected chi connectivity index (χ0v) is 12.8. The van der Waals surface area contributed by atoms with Gasteiger partial charge in [0.1, 0.15) is 6.10 Å². The van der Waals surface area contributed by atoms with E-state index in [0.717, 1.165) is 0 Å². The molecule has 6 atom stereocenters. The van der Waals surface area contributed by atoms with Gasteiger partial charge in [0.2, 0.25) is 0 Å². The lowest BCUT2D eigenvalue weighted by molar-refractivity contribution is -0.177. The summed E-state index contributed by atoms with van der Waals surface area (Å²) >= 11 is -2.38. The van der Waals surface area contributed by atoms with Crippen LogP contribution in [0.2, 0.25) is 0 Å². The van der Waals surface area contributed by atoms with Gasteiger partial charge in [-0.2, -0.15) is 17.2 Å². The molecule has 0 radical (unpaired) electrons. The number of esters is 1. The number of halogens is 2. The van der Waals surface area contributed by atoms with Crippen LogP contribution < -0.4 is 0 Å². The topological polar surface area (TPSA) is 130 Å². The van der Waals surface area contributed by atoms with Crippen LogP contribution in [0, 0.1) is 11.8 Å². The average molecular weight is 363 g/mol. The number of rotatable bonds is 5. The van der Waals surface area contributed by atoms with Crippen LogP contribution in [0.25, 0.3) is 0 Å². The van der Waals surface area contributed by atoms with Gasteiger partial charge in [-0.1, -0.05) is 11.1 Å². The molecule has 2 rings (SSSR count). The number of hydrogen-bond acceptors (Lipinski definition) is 7. The molecule has 2 aliphatic rings. The van der Waals surface area contributed by atoms with Crippen LogP contribution in [-0.4, -0.2) is 57.5 Å². The Bertz CT molecular complexity index is 592. The molecule has 12 heteroatoms. The second kappa shape index (κ2) is 5.74. The van der Waals surface area contributed by atoms with E-state index >= 15 is 0 Å². The molecule has 22 heavy (non-hydrogen) atoms. The first-order chi connectivity index (χ1) is 10.0. The molecule has 0 aliphatic heterocycles. The number of alkyl halides is 2. The van der Waals surface area contributed by atoms with Crippen molar-refractivity contribution in [2.75, 3.05) is 7.11 Å². The molecule has 0 heterocycles. The van der Waals surface area contributed by atoms with E-state index in [1.165, 1.54) is 7.11 Å². The fourth-order valence-corrected chi connectivity index (χ4v) is 4.40. The van der Waals surface area contributed by atoms with Gasteiger partial charge in [-0.05, 0) is 12.8 Å². The number of ether oxygens (including phenoxy) is 2. The molecule has 8 nitrogen and oxygen atoms in total. The summed E-state index contributed by atoms with van der Waals surface area (Å²) in [6, 6.07) is 0. The van der Waals surface area contributed by atoms with Crippen molar-refractivity contribution in [3.8, 4) is 0 Å². The summed E-state index contributed by atoms with van der Waals surface area (Å²) in [7, 11) is -4.75. The minimum atomic E-state index is -5.95. The average Bonchev–Trinajstić information content (AvgIpc) is 2.94. The summed E-state index contributed by atoms with van der Waals surface area (Å²) in [5.74, 6) is -3.46. The van der Waals surface area contributed by atoms with Gasteiger partial charge in [-0.3, -0.25) is 8.76 Å². The molecule has 0 aromatic rings. The molecule has 0 saturated heterocycles. The van der Waals surface area contributed by atoms with Crippen molar-refractivity contribution in [2.24, 2.45) is 11.8 Å². The van der Waals surface area contributed by atoms with Crippen molar-refractivity contribution >= 4 is 27.2 Å². The number of carbonyl (C=O) groups is 1. The Labute approximate surface area is 127 Å². The summed E-state index contributed by atoms with van der Waals surface area (Å²) in [6.07, 6.45) is -1.71. The minimum Gasteiger partial charge on any atom is -0.772 e. The first-order valence-electron chi connectivity index (χ1n) is 6.17. The van der Waals surface area contributed by atoms with E-state index < -0.39 is 61.7 Å². The normalized spacial score (nSPS) is 36.3. The molecule has 2 bridgehead atoms. The second-order valence-corrected chi connectivity index (χ2v) is 7.85. The van der Waals surface area contributed by atoms with Crippen molar-refractivity contribution in [2.45, 2.75) is 35.6 Å². The molecule has 2 aliphatic carbocycles. The van der Waals surface area contributed by atoms with Gasteiger partial charge in [0.15, 0.2) is 0 Å². The van der Waals surface area contributed by atoms with Crippen LogP contribution in [0.15, 0.2) is 0 Å². The molecule has 0 aromatic heterocycles. The summed E-state index contributed by atoms with van der Waals surface area (Å²) < 4.78 is 87.5. The summed E-state index contributed by atoms with van der Waals surface area (Å²) in [6.45, 7) is 0. The Morgan fingerprint density at radius 3 is 2.41 bits per heavy atom. The molecule has 2 fully saturated rings. The van der Waals surface area contributed by atoms with E-state index in [9.17, 15) is 30.8 Å². The lowest BCUT2D eigenvalue weighted by Crippen LogP contribution is -2.48. The van der Waals surface area contributed by atoms with E-state index in [0.29, 0.717) is 6.42 Å². The van der Waals surface area contributed by atoms with Crippen LogP contribution in [-0.2, 0) is 35.5 Å². The predicted octanol–water partition coefficient (Wildman–Crippen LogP) is -0.319. The molecule has 0 spiro atoms. The fraction of sp³-hybridized carbons (Fsp3) is 0.900. The Morgan fingerprint density at radius 2 is 1.95 bits per heavy atom. The third-order valence-corrected chi connectivity index (χ3v) is 5.97. The highest BCUT2D eigenvalue weighted by Crippen LogP contribution is 2.49. The quantitative estimate of drug-likeness (QED) is 0.400. The van der Waals surface area contributed by atoms with Gasteiger partial charge in [0, 0.05) is 24.2 Å². The lowest BCUT2D eigenvalue weighted by atomic mass is 9.94. The van der Waals surface area contributed by atoms with Gasteiger partial charge in [0.05, 0.1) is 6.10 Å². The third-order valence-electron chi connectivity index (χ3n) is 4.12. The second-order valence-electron chi connectivity index (χ2n) is 5.26. The summed E-state index contributed by atoms with van der Waals surface area (Å²) in [5, 5.41) is -5.82. The molecule has 6 unspecified atom stereocenters. The molecule has 0 amide bonds. The molecule has 1 N–H and O–H groups in total. The van der Waals surface area contributed by atoms with Crippen LogP contribution in [0.1, 0.15) is 12.8 Å². The van der Waals surface area contributed by atoms with E-state index in [1.54, 1.807) is 0 Å². The number of methoxy groups -OCH3 is 1. The molecule has 128 valence electrons. The molecule has 2 saturated carbocycles. The highest BCUT2D eigenvalue weighted by atomic mass is 32.2. The summed E-state index contributed by atoms with van der Waals surface area (Å²) in [5.41, 5.74) is 0. The monoisotopic (exact) mass is 363 g/mol. The van der Waals surface area contributed by atoms with E-state index in [-0.39, 0.29) is 6.42 Å². The highest BCUT2D eigenvalue weighted by Gasteiger charge is 2.60. The van der Waals surface area contributed by atoms with Crippen LogP contribution in [0.4, 0.5) is 8.78 Å². The zero-order valence-electron chi connectivity index (χ0n) is 11.2. The standard InChI is InChI=1S/C10H14F2O8S2/c1-19-8-5-2-4(3-6(5)21(14)15)7(8)20-9(13)10(11,12)22(16,17)18/h4-8H,2-3H2,1H3,(H,14,15)(H,16,17,18)/p-1. The van der Waals surface area contributed by atoms with E-state index in [4.69, 9.17) is 9.29 Å². The van der Waals surface area contributed by atoms with Gasteiger partial charge < -0.3 is 14.0 Å². The first kappa shape index (κ1) is 17.7. The predicted molar refractivity (Wildman–Crippen MR) is 66.1 cm³/mol. The molecular formula is C10H13F2O8S2-. The molecular weight excluding hydrogens is 350 g/mol.